The summed E-state index contributed by atoms with van der Waals surface area (Å²) < 4.78 is 11.7. The summed E-state index contributed by atoms with van der Waals surface area (Å²) >= 11 is 5.38. The third-order valence-corrected chi connectivity index (χ3v) is 5.93. The number of nitrogens with one attached hydrogen (secondary N) is 1. The van der Waals surface area contributed by atoms with Gasteiger partial charge in [0.05, 0.1) is 26.3 Å². The number of benzene rings is 1. The zero-order valence-electron chi connectivity index (χ0n) is 12.9. The highest BCUT2D eigenvalue weighted by molar-refractivity contribution is 9.10. The maximum atomic E-state index is 5.38. The molecule has 1 saturated carbocycles. The lowest BCUT2D eigenvalue weighted by Crippen LogP contribution is -2.36. The molecule has 2 aliphatic rings. The standard InChI is InChI=1S/C16H21BrN2O2S/c1-20-14-7-10(11(17)8-15(14)21-2)9-22-16-18-12-5-3-4-6-13(12)19-16/h7-8,12-13H,3-6,9H2,1-2H3,(H,18,19). The van der Waals surface area contributed by atoms with Gasteiger partial charge in [-0.15, -0.1) is 0 Å². The molecule has 2 atom stereocenters. The van der Waals surface area contributed by atoms with E-state index in [1.165, 1.54) is 31.2 Å². The summed E-state index contributed by atoms with van der Waals surface area (Å²) in [5, 5.41) is 4.66. The molecule has 1 aromatic rings. The Morgan fingerprint density at radius 3 is 2.68 bits per heavy atom. The monoisotopic (exact) mass is 384 g/mol. The van der Waals surface area contributed by atoms with Gasteiger partial charge in [0, 0.05) is 10.2 Å². The van der Waals surface area contributed by atoms with Gasteiger partial charge in [-0.05, 0) is 30.5 Å². The fourth-order valence-corrected chi connectivity index (χ4v) is 4.64. The van der Waals surface area contributed by atoms with Crippen molar-refractivity contribution in [1.82, 2.24) is 5.32 Å². The molecular weight excluding hydrogens is 364 g/mol. The number of hydrogen-bond acceptors (Lipinski definition) is 5. The molecule has 0 bridgehead atoms. The van der Waals surface area contributed by atoms with Crippen LogP contribution >= 0.6 is 27.7 Å². The maximum Gasteiger partial charge on any atom is 0.161 e. The van der Waals surface area contributed by atoms with Crippen LogP contribution in [0.25, 0.3) is 0 Å². The lowest BCUT2D eigenvalue weighted by molar-refractivity contribution is 0.354. The molecular formula is C16H21BrN2O2S. The van der Waals surface area contributed by atoms with Crippen LogP contribution in [0.15, 0.2) is 21.6 Å². The predicted octanol–water partition coefficient (Wildman–Crippen LogP) is 3.97. The molecule has 3 rings (SSSR count). The number of rotatable bonds is 4. The zero-order chi connectivity index (χ0) is 15.5. The highest BCUT2D eigenvalue weighted by Crippen LogP contribution is 2.35. The Kier molecular flexibility index (Phi) is 5.18. The highest BCUT2D eigenvalue weighted by Gasteiger charge is 2.30. The Morgan fingerprint density at radius 2 is 1.95 bits per heavy atom. The third kappa shape index (κ3) is 3.38. The summed E-state index contributed by atoms with van der Waals surface area (Å²) in [4.78, 5) is 4.83. The minimum Gasteiger partial charge on any atom is -0.493 e. The van der Waals surface area contributed by atoms with Crippen LogP contribution in [0.3, 0.4) is 0 Å². The molecule has 22 heavy (non-hydrogen) atoms. The maximum absolute atomic E-state index is 5.38. The number of ether oxygens (including phenoxy) is 2. The van der Waals surface area contributed by atoms with E-state index in [-0.39, 0.29) is 0 Å². The normalized spacial score (nSPS) is 23.5. The molecule has 6 heteroatoms. The van der Waals surface area contributed by atoms with Gasteiger partial charge in [0.25, 0.3) is 0 Å². The van der Waals surface area contributed by atoms with Gasteiger partial charge in [-0.25, -0.2) is 0 Å². The van der Waals surface area contributed by atoms with Crippen LogP contribution in [0.5, 0.6) is 11.5 Å². The first-order chi connectivity index (χ1) is 10.7. The van der Waals surface area contributed by atoms with Crippen LogP contribution in [0.1, 0.15) is 31.2 Å². The number of fused-ring (bicyclic) bond motifs is 1. The van der Waals surface area contributed by atoms with Crippen molar-refractivity contribution in [1.29, 1.82) is 0 Å². The van der Waals surface area contributed by atoms with Crippen LogP contribution in [-0.4, -0.2) is 31.5 Å². The fraction of sp³-hybridized carbons (Fsp3) is 0.562. The number of methoxy groups -OCH3 is 2. The Hall–Kier alpha value is -0.880. The second kappa shape index (κ2) is 7.13. The average molecular weight is 385 g/mol. The van der Waals surface area contributed by atoms with Crippen molar-refractivity contribution in [2.24, 2.45) is 4.99 Å². The smallest absolute Gasteiger partial charge is 0.161 e. The first kappa shape index (κ1) is 16.0. The van der Waals surface area contributed by atoms with E-state index in [1.54, 1.807) is 26.0 Å². The Bertz CT molecular complexity index is 580. The Balaban J connectivity index is 1.66. The molecule has 120 valence electrons. The summed E-state index contributed by atoms with van der Waals surface area (Å²) in [5.41, 5.74) is 1.18. The molecule has 0 saturated heterocycles. The van der Waals surface area contributed by atoms with E-state index >= 15 is 0 Å². The van der Waals surface area contributed by atoms with E-state index < -0.39 is 0 Å². The minimum atomic E-state index is 0.491. The Morgan fingerprint density at radius 1 is 1.23 bits per heavy atom. The van der Waals surface area contributed by atoms with Crippen LogP contribution in [0, 0.1) is 0 Å². The van der Waals surface area contributed by atoms with Crippen molar-refractivity contribution in [3.8, 4) is 11.5 Å². The lowest BCUT2D eigenvalue weighted by Gasteiger charge is -2.23. The fourth-order valence-electron chi connectivity index (χ4n) is 3.01. The zero-order valence-corrected chi connectivity index (χ0v) is 15.3. The second-order valence-corrected chi connectivity index (χ2v) is 7.44. The largest absolute Gasteiger partial charge is 0.493 e. The number of amidine groups is 1. The molecule has 4 nitrogen and oxygen atoms in total. The van der Waals surface area contributed by atoms with Crippen LogP contribution in [-0.2, 0) is 5.75 Å². The number of thioether (sulfide) groups is 1. The molecule has 1 fully saturated rings. The number of hydrogen-bond donors (Lipinski definition) is 1. The molecule has 1 heterocycles. The number of halogens is 1. The van der Waals surface area contributed by atoms with Gasteiger partial charge < -0.3 is 14.8 Å². The summed E-state index contributed by atoms with van der Waals surface area (Å²) in [6.45, 7) is 0. The van der Waals surface area contributed by atoms with Gasteiger partial charge >= 0.3 is 0 Å². The SMILES string of the molecule is COc1cc(Br)c(CSC2=NC3CCCCC3N2)cc1OC. The van der Waals surface area contributed by atoms with Gasteiger partial charge in [-0.3, -0.25) is 4.99 Å². The highest BCUT2D eigenvalue weighted by atomic mass is 79.9. The quantitative estimate of drug-likeness (QED) is 0.852. The topological polar surface area (TPSA) is 42.8 Å². The molecule has 2 unspecified atom stereocenters. The van der Waals surface area contributed by atoms with Crippen molar-refractivity contribution in [3.05, 3.63) is 22.2 Å². The average Bonchev–Trinajstić information content (AvgIpc) is 2.96. The molecule has 0 aromatic heterocycles. The first-order valence-electron chi connectivity index (χ1n) is 7.59. The second-order valence-electron chi connectivity index (χ2n) is 5.62. The van der Waals surface area contributed by atoms with E-state index in [0.29, 0.717) is 12.1 Å². The van der Waals surface area contributed by atoms with E-state index in [4.69, 9.17) is 14.5 Å². The molecule has 0 radical (unpaired) electrons. The van der Waals surface area contributed by atoms with Crippen molar-refractivity contribution in [3.63, 3.8) is 0 Å². The first-order valence-corrected chi connectivity index (χ1v) is 9.36. The van der Waals surface area contributed by atoms with E-state index in [1.807, 2.05) is 12.1 Å². The van der Waals surface area contributed by atoms with Gasteiger partial charge in [0.15, 0.2) is 16.7 Å². The molecule has 0 spiro atoms. The predicted molar refractivity (Wildman–Crippen MR) is 95.2 cm³/mol. The number of aliphatic imine (C=N–C) groups is 1. The van der Waals surface area contributed by atoms with Gasteiger partial charge in [0.1, 0.15) is 0 Å². The van der Waals surface area contributed by atoms with Crippen LogP contribution in [0.4, 0.5) is 0 Å². The van der Waals surface area contributed by atoms with E-state index in [9.17, 15) is 0 Å². The lowest BCUT2D eigenvalue weighted by atomic mass is 9.92. The van der Waals surface area contributed by atoms with Gasteiger partial charge in [0.2, 0.25) is 0 Å². The van der Waals surface area contributed by atoms with Crippen molar-refractivity contribution >= 4 is 32.9 Å². The van der Waals surface area contributed by atoms with E-state index in [2.05, 4.69) is 21.2 Å². The van der Waals surface area contributed by atoms with Crippen LogP contribution in [0.2, 0.25) is 0 Å². The summed E-state index contributed by atoms with van der Waals surface area (Å²) in [5.74, 6) is 2.36. The third-order valence-electron chi connectivity index (χ3n) is 4.24. The summed E-state index contributed by atoms with van der Waals surface area (Å²) in [6.07, 6.45) is 5.11. The van der Waals surface area contributed by atoms with Crippen molar-refractivity contribution in [2.45, 2.75) is 43.5 Å². The summed E-state index contributed by atoms with van der Waals surface area (Å²) in [6, 6.07) is 5.03. The summed E-state index contributed by atoms with van der Waals surface area (Å²) in [7, 11) is 3.31. The van der Waals surface area contributed by atoms with Gasteiger partial charge in [-0.1, -0.05) is 40.5 Å². The van der Waals surface area contributed by atoms with E-state index in [0.717, 1.165) is 26.9 Å². The molecule has 1 aromatic carbocycles. The van der Waals surface area contributed by atoms with Crippen LogP contribution < -0.4 is 14.8 Å². The molecule has 1 aliphatic heterocycles. The number of nitrogens with zero attached hydrogens (tertiary/aromatic N) is 1. The molecule has 1 aliphatic carbocycles. The molecule has 0 amide bonds. The molecule has 1 N–H and O–H groups in total. The Labute approximate surface area is 144 Å². The van der Waals surface area contributed by atoms with Crippen molar-refractivity contribution < 1.29 is 9.47 Å². The van der Waals surface area contributed by atoms with Crippen molar-refractivity contribution in [2.75, 3.05) is 14.2 Å². The minimum absolute atomic E-state index is 0.491. The van der Waals surface area contributed by atoms with Gasteiger partial charge in [-0.2, -0.15) is 0 Å².